The van der Waals surface area contributed by atoms with Crippen molar-refractivity contribution in [3.63, 3.8) is 0 Å². The summed E-state index contributed by atoms with van der Waals surface area (Å²) in [5, 5.41) is 3.94. The lowest BCUT2D eigenvalue weighted by Gasteiger charge is -2.09. The summed E-state index contributed by atoms with van der Waals surface area (Å²) in [6.07, 6.45) is 0.583. The molecule has 1 heterocycles. The van der Waals surface area contributed by atoms with E-state index in [-0.39, 0.29) is 12.3 Å². The van der Waals surface area contributed by atoms with Crippen molar-refractivity contribution in [2.24, 2.45) is 0 Å². The minimum absolute atomic E-state index is 0.182. The first kappa shape index (κ1) is 11.7. The summed E-state index contributed by atoms with van der Waals surface area (Å²) in [5.41, 5.74) is 0.260. The van der Waals surface area contributed by atoms with Crippen LogP contribution in [0.4, 0.5) is 4.39 Å². The highest BCUT2D eigenvalue weighted by Crippen LogP contribution is 2.18. The van der Waals surface area contributed by atoms with Crippen LogP contribution in [-0.2, 0) is 16.1 Å². The van der Waals surface area contributed by atoms with Gasteiger partial charge in [-0.3, -0.25) is 4.68 Å². The minimum Gasteiger partial charge on any atom is -0.464 e. The van der Waals surface area contributed by atoms with Crippen LogP contribution >= 0.6 is 0 Å². The normalized spacial score (nSPS) is 12.5. The molecular formula is C10H15FN2O2. The molecule has 0 aliphatic heterocycles. The molecule has 0 bridgehead atoms. The van der Waals surface area contributed by atoms with Crippen molar-refractivity contribution in [1.82, 2.24) is 9.78 Å². The van der Waals surface area contributed by atoms with E-state index in [0.717, 1.165) is 6.42 Å². The van der Waals surface area contributed by atoms with Crippen LogP contribution in [0.2, 0.25) is 0 Å². The standard InChI is InChI=1S/C10H15FN2O2/c1-3-7-13-8(5-6-12-13)9(11)10(14)15-4-2/h5-6,9H,3-4,7H2,1-2H3. The lowest BCUT2D eigenvalue weighted by Crippen LogP contribution is -2.16. The van der Waals surface area contributed by atoms with E-state index in [9.17, 15) is 9.18 Å². The van der Waals surface area contributed by atoms with Gasteiger partial charge in [0.2, 0.25) is 6.17 Å². The maximum atomic E-state index is 13.6. The van der Waals surface area contributed by atoms with Gasteiger partial charge >= 0.3 is 5.97 Å². The highest BCUT2D eigenvalue weighted by Gasteiger charge is 2.24. The Balaban J connectivity index is 2.76. The van der Waals surface area contributed by atoms with Crippen molar-refractivity contribution in [2.75, 3.05) is 6.61 Å². The molecule has 0 amide bonds. The van der Waals surface area contributed by atoms with Gasteiger partial charge in [-0.1, -0.05) is 6.92 Å². The summed E-state index contributed by atoms with van der Waals surface area (Å²) < 4.78 is 19.7. The van der Waals surface area contributed by atoms with Crippen molar-refractivity contribution in [3.05, 3.63) is 18.0 Å². The first-order valence-corrected chi connectivity index (χ1v) is 5.03. The number of aromatic nitrogens is 2. The highest BCUT2D eigenvalue weighted by molar-refractivity contribution is 5.75. The van der Waals surface area contributed by atoms with Crippen LogP contribution in [0.15, 0.2) is 12.3 Å². The van der Waals surface area contributed by atoms with E-state index < -0.39 is 12.1 Å². The molecule has 1 rings (SSSR count). The van der Waals surface area contributed by atoms with Crippen LogP contribution in [0.5, 0.6) is 0 Å². The number of esters is 1. The Kier molecular flexibility index (Phi) is 4.27. The van der Waals surface area contributed by atoms with Crippen LogP contribution in [-0.4, -0.2) is 22.4 Å². The van der Waals surface area contributed by atoms with Crippen LogP contribution in [0.25, 0.3) is 0 Å². The molecule has 5 heteroatoms. The van der Waals surface area contributed by atoms with E-state index in [0.29, 0.717) is 6.54 Å². The van der Waals surface area contributed by atoms with Gasteiger partial charge in [-0.05, 0) is 19.4 Å². The van der Waals surface area contributed by atoms with E-state index in [1.807, 2.05) is 6.92 Å². The van der Waals surface area contributed by atoms with Gasteiger partial charge in [-0.15, -0.1) is 0 Å². The molecule has 0 saturated heterocycles. The Morgan fingerprint density at radius 1 is 1.67 bits per heavy atom. The molecule has 0 N–H and O–H groups in total. The number of halogens is 1. The summed E-state index contributed by atoms with van der Waals surface area (Å²) in [5.74, 6) is -0.852. The average molecular weight is 214 g/mol. The fourth-order valence-corrected chi connectivity index (χ4v) is 1.29. The second-order valence-electron chi connectivity index (χ2n) is 3.09. The zero-order chi connectivity index (χ0) is 11.3. The van der Waals surface area contributed by atoms with Gasteiger partial charge in [0.25, 0.3) is 0 Å². The summed E-state index contributed by atoms with van der Waals surface area (Å²) in [6.45, 7) is 4.39. The number of carbonyl (C=O) groups excluding carboxylic acids is 1. The van der Waals surface area contributed by atoms with Gasteiger partial charge in [0.15, 0.2) is 0 Å². The van der Waals surface area contributed by atoms with Gasteiger partial charge < -0.3 is 4.74 Å². The molecule has 0 fully saturated rings. The quantitative estimate of drug-likeness (QED) is 0.703. The summed E-state index contributed by atoms with van der Waals surface area (Å²) >= 11 is 0. The molecule has 1 aromatic rings. The van der Waals surface area contributed by atoms with Crippen molar-refractivity contribution in [3.8, 4) is 0 Å². The maximum Gasteiger partial charge on any atom is 0.347 e. The summed E-state index contributed by atoms with van der Waals surface area (Å²) in [7, 11) is 0. The van der Waals surface area contributed by atoms with Crippen LogP contribution in [0.3, 0.4) is 0 Å². The first-order chi connectivity index (χ1) is 7.20. The van der Waals surface area contributed by atoms with Gasteiger partial charge in [0.05, 0.1) is 12.3 Å². The zero-order valence-electron chi connectivity index (χ0n) is 8.94. The van der Waals surface area contributed by atoms with Gasteiger partial charge in [0, 0.05) is 12.7 Å². The molecule has 1 aromatic heterocycles. The molecule has 1 atom stereocenters. The fourth-order valence-electron chi connectivity index (χ4n) is 1.29. The van der Waals surface area contributed by atoms with Crippen molar-refractivity contribution < 1.29 is 13.9 Å². The van der Waals surface area contributed by atoms with E-state index in [1.54, 1.807) is 6.92 Å². The monoisotopic (exact) mass is 214 g/mol. The van der Waals surface area contributed by atoms with Crippen LogP contribution < -0.4 is 0 Å². The molecule has 0 radical (unpaired) electrons. The Hall–Kier alpha value is -1.39. The summed E-state index contributed by atoms with van der Waals surface area (Å²) in [6, 6.07) is 1.50. The van der Waals surface area contributed by atoms with Gasteiger partial charge in [-0.2, -0.15) is 5.10 Å². The first-order valence-electron chi connectivity index (χ1n) is 5.03. The van der Waals surface area contributed by atoms with Gasteiger partial charge in [-0.25, -0.2) is 9.18 Å². The molecule has 15 heavy (non-hydrogen) atoms. The molecule has 0 saturated carbocycles. The number of hydrogen-bond acceptors (Lipinski definition) is 3. The third-order valence-corrected chi connectivity index (χ3v) is 1.94. The lowest BCUT2D eigenvalue weighted by atomic mass is 10.2. The molecule has 84 valence electrons. The molecule has 0 spiro atoms. The SMILES string of the molecule is CCCn1nccc1C(F)C(=O)OCC. The third-order valence-electron chi connectivity index (χ3n) is 1.94. The molecule has 4 nitrogen and oxygen atoms in total. The number of ether oxygens (including phenoxy) is 1. The Morgan fingerprint density at radius 2 is 2.40 bits per heavy atom. The smallest absolute Gasteiger partial charge is 0.347 e. The minimum atomic E-state index is -1.74. The predicted molar refractivity (Wildman–Crippen MR) is 53.0 cm³/mol. The van der Waals surface area contributed by atoms with Crippen molar-refractivity contribution in [1.29, 1.82) is 0 Å². The molecular weight excluding hydrogens is 199 g/mol. The topological polar surface area (TPSA) is 44.1 Å². The lowest BCUT2D eigenvalue weighted by molar-refractivity contribution is -0.149. The highest BCUT2D eigenvalue weighted by atomic mass is 19.1. The van der Waals surface area contributed by atoms with Crippen LogP contribution in [0.1, 0.15) is 32.1 Å². The van der Waals surface area contributed by atoms with E-state index in [1.165, 1.54) is 16.9 Å². The Labute approximate surface area is 88.0 Å². The summed E-state index contributed by atoms with van der Waals surface area (Å²) in [4.78, 5) is 11.2. The zero-order valence-corrected chi connectivity index (χ0v) is 8.94. The van der Waals surface area contributed by atoms with E-state index in [4.69, 9.17) is 0 Å². The van der Waals surface area contributed by atoms with E-state index in [2.05, 4.69) is 9.84 Å². The number of hydrogen-bond donors (Lipinski definition) is 0. The number of aryl methyl sites for hydroxylation is 1. The largest absolute Gasteiger partial charge is 0.464 e. The Morgan fingerprint density at radius 3 is 3.00 bits per heavy atom. The number of nitrogens with zero attached hydrogens (tertiary/aromatic N) is 2. The fraction of sp³-hybridized carbons (Fsp3) is 0.600. The number of alkyl halides is 1. The second-order valence-corrected chi connectivity index (χ2v) is 3.09. The maximum absolute atomic E-state index is 13.6. The van der Waals surface area contributed by atoms with E-state index >= 15 is 0 Å². The second kappa shape index (κ2) is 5.48. The van der Waals surface area contributed by atoms with Gasteiger partial charge in [0.1, 0.15) is 0 Å². The van der Waals surface area contributed by atoms with Crippen molar-refractivity contribution in [2.45, 2.75) is 33.0 Å². The Bertz CT molecular complexity index is 325. The molecule has 0 aliphatic carbocycles. The average Bonchev–Trinajstić information content (AvgIpc) is 2.66. The number of rotatable bonds is 5. The molecule has 0 aliphatic rings. The predicted octanol–water partition coefficient (Wildman–Crippen LogP) is 1.87. The van der Waals surface area contributed by atoms with Crippen molar-refractivity contribution >= 4 is 5.97 Å². The third kappa shape index (κ3) is 2.78. The molecule has 1 unspecified atom stereocenters. The number of carbonyl (C=O) groups is 1. The molecule has 0 aromatic carbocycles. The van der Waals surface area contributed by atoms with Crippen LogP contribution in [0, 0.1) is 0 Å².